The summed E-state index contributed by atoms with van der Waals surface area (Å²) in [5.74, 6) is 0. The molecule has 0 radical (unpaired) electrons. The van der Waals surface area contributed by atoms with Crippen molar-refractivity contribution in [1.82, 2.24) is 0 Å². The molecule has 0 atom stereocenters. The summed E-state index contributed by atoms with van der Waals surface area (Å²) in [7, 11) is 0. The summed E-state index contributed by atoms with van der Waals surface area (Å²) in [6.45, 7) is 2.33. The molecule has 0 fully saturated rings. The van der Waals surface area contributed by atoms with E-state index < -0.39 is 0 Å². The van der Waals surface area contributed by atoms with Crippen molar-refractivity contribution < 1.29 is 4.79 Å². The first-order valence-corrected chi connectivity index (χ1v) is 4.18. The van der Waals surface area contributed by atoms with Crippen LogP contribution in [0, 0.1) is 0 Å². The van der Waals surface area contributed by atoms with E-state index in [0.29, 0.717) is 6.54 Å². The molecule has 0 heterocycles. The lowest BCUT2D eigenvalue weighted by Crippen LogP contribution is -1.95. The second-order valence-electron chi connectivity index (χ2n) is 2.95. The van der Waals surface area contributed by atoms with Crippen LogP contribution in [-0.4, -0.2) is 6.29 Å². The number of carbonyl (C=O) groups excluding carboxylic acids is 1. The number of carbonyl (C=O) groups is 1. The topological polar surface area (TPSA) is 43.1 Å². The fourth-order valence-electron chi connectivity index (χ4n) is 1.05. The Balaban J connectivity index is 2.86. The van der Waals surface area contributed by atoms with Gasteiger partial charge in [-0.3, -0.25) is 4.79 Å². The second kappa shape index (κ2) is 4.58. The van der Waals surface area contributed by atoms with Gasteiger partial charge in [-0.05, 0) is 29.7 Å². The Hall–Kier alpha value is -1.41. The number of rotatable bonds is 3. The molecule has 0 saturated heterocycles. The maximum Gasteiger partial charge on any atom is 0.145 e. The van der Waals surface area contributed by atoms with Crippen molar-refractivity contribution >= 4 is 12.4 Å². The van der Waals surface area contributed by atoms with Crippen LogP contribution in [0.2, 0.25) is 0 Å². The van der Waals surface area contributed by atoms with E-state index in [-0.39, 0.29) is 0 Å². The summed E-state index contributed by atoms with van der Waals surface area (Å²) >= 11 is 0. The minimum Gasteiger partial charge on any atom is -0.326 e. The predicted octanol–water partition coefficient (Wildman–Crippen LogP) is 1.75. The zero-order valence-corrected chi connectivity index (χ0v) is 7.66. The monoisotopic (exact) mass is 175 g/mol. The minimum absolute atomic E-state index is 0.552. The molecule has 0 aliphatic heterocycles. The van der Waals surface area contributed by atoms with Gasteiger partial charge < -0.3 is 5.73 Å². The summed E-state index contributed by atoms with van der Waals surface area (Å²) in [5, 5.41) is 0. The Bertz CT molecular complexity index is 311. The van der Waals surface area contributed by atoms with E-state index in [0.717, 1.165) is 23.0 Å². The van der Waals surface area contributed by atoms with E-state index in [2.05, 4.69) is 0 Å². The number of allylic oxidation sites excluding steroid dienone is 1. The van der Waals surface area contributed by atoms with Crippen LogP contribution in [0.25, 0.3) is 6.08 Å². The summed E-state index contributed by atoms with van der Waals surface area (Å²) in [5.41, 5.74) is 8.31. The van der Waals surface area contributed by atoms with Crippen molar-refractivity contribution in [2.24, 2.45) is 5.73 Å². The normalized spacial score (nSPS) is 11.4. The van der Waals surface area contributed by atoms with Crippen molar-refractivity contribution in [2.75, 3.05) is 0 Å². The third-order valence-corrected chi connectivity index (χ3v) is 1.80. The Labute approximate surface area is 78.1 Å². The van der Waals surface area contributed by atoms with E-state index in [4.69, 9.17) is 5.73 Å². The highest BCUT2D eigenvalue weighted by atomic mass is 16.1. The van der Waals surface area contributed by atoms with E-state index >= 15 is 0 Å². The van der Waals surface area contributed by atoms with Crippen LogP contribution in [0.15, 0.2) is 29.8 Å². The van der Waals surface area contributed by atoms with E-state index in [1.807, 2.05) is 30.3 Å². The van der Waals surface area contributed by atoms with Crippen molar-refractivity contribution in [3.8, 4) is 0 Å². The first kappa shape index (κ1) is 9.68. The molecule has 0 saturated carbocycles. The molecule has 0 aliphatic rings. The van der Waals surface area contributed by atoms with Crippen LogP contribution in [0.5, 0.6) is 0 Å². The van der Waals surface area contributed by atoms with E-state index in [1.54, 1.807) is 6.92 Å². The molecule has 0 amide bonds. The van der Waals surface area contributed by atoms with Gasteiger partial charge in [-0.15, -0.1) is 0 Å². The van der Waals surface area contributed by atoms with Crippen molar-refractivity contribution in [3.05, 3.63) is 41.0 Å². The lowest BCUT2D eigenvalue weighted by molar-refractivity contribution is -0.104. The van der Waals surface area contributed by atoms with Crippen LogP contribution in [0.1, 0.15) is 18.1 Å². The Morgan fingerprint density at radius 3 is 2.46 bits per heavy atom. The fraction of sp³-hybridized carbons (Fsp3) is 0.182. The number of nitrogens with two attached hydrogens (primary N) is 1. The van der Waals surface area contributed by atoms with E-state index in [9.17, 15) is 4.79 Å². The summed E-state index contributed by atoms with van der Waals surface area (Å²) in [6, 6.07) is 7.83. The quantitative estimate of drug-likeness (QED) is 0.561. The Kier molecular flexibility index (Phi) is 3.41. The maximum atomic E-state index is 10.3. The number of hydrogen-bond acceptors (Lipinski definition) is 2. The SMILES string of the molecule is CC(C=O)=Cc1ccc(CN)cc1. The van der Waals surface area contributed by atoms with Gasteiger partial charge in [-0.25, -0.2) is 0 Å². The second-order valence-corrected chi connectivity index (χ2v) is 2.95. The van der Waals surface area contributed by atoms with Gasteiger partial charge in [-0.2, -0.15) is 0 Å². The van der Waals surface area contributed by atoms with Crippen molar-refractivity contribution in [2.45, 2.75) is 13.5 Å². The molecule has 68 valence electrons. The van der Waals surface area contributed by atoms with Crippen molar-refractivity contribution in [3.63, 3.8) is 0 Å². The zero-order chi connectivity index (χ0) is 9.68. The van der Waals surface area contributed by atoms with Crippen LogP contribution >= 0.6 is 0 Å². The average molecular weight is 175 g/mol. The molecule has 0 spiro atoms. The molecular formula is C11H13NO. The number of hydrogen-bond donors (Lipinski definition) is 1. The third-order valence-electron chi connectivity index (χ3n) is 1.80. The zero-order valence-electron chi connectivity index (χ0n) is 7.66. The van der Waals surface area contributed by atoms with Gasteiger partial charge in [0.2, 0.25) is 0 Å². The van der Waals surface area contributed by atoms with Gasteiger partial charge in [0.05, 0.1) is 0 Å². The minimum atomic E-state index is 0.552. The van der Waals surface area contributed by atoms with Crippen LogP contribution in [0.3, 0.4) is 0 Å². The molecule has 2 N–H and O–H groups in total. The van der Waals surface area contributed by atoms with Gasteiger partial charge in [0.1, 0.15) is 6.29 Å². The van der Waals surface area contributed by atoms with Gasteiger partial charge in [-0.1, -0.05) is 24.3 Å². The molecule has 1 aromatic carbocycles. The Morgan fingerprint density at radius 2 is 2.00 bits per heavy atom. The molecule has 2 heteroatoms. The lowest BCUT2D eigenvalue weighted by Gasteiger charge is -1.97. The van der Waals surface area contributed by atoms with Gasteiger partial charge >= 0.3 is 0 Å². The highest BCUT2D eigenvalue weighted by Gasteiger charge is 1.90. The molecule has 0 aromatic heterocycles. The maximum absolute atomic E-state index is 10.3. The van der Waals surface area contributed by atoms with Crippen LogP contribution < -0.4 is 5.73 Å². The molecule has 0 unspecified atom stereocenters. The molecule has 1 aromatic rings. The smallest absolute Gasteiger partial charge is 0.145 e. The van der Waals surface area contributed by atoms with E-state index in [1.165, 1.54) is 0 Å². The molecule has 0 aliphatic carbocycles. The molecule has 2 nitrogen and oxygen atoms in total. The third kappa shape index (κ3) is 2.84. The largest absolute Gasteiger partial charge is 0.326 e. The first-order valence-electron chi connectivity index (χ1n) is 4.18. The molecular weight excluding hydrogens is 162 g/mol. The fourth-order valence-corrected chi connectivity index (χ4v) is 1.05. The summed E-state index contributed by atoms with van der Waals surface area (Å²) in [6.07, 6.45) is 2.68. The predicted molar refractivity (Wildman–Crippen MR) is 54.0 cm³/mol. The standard InChI is InChI=1S/C11H13NO/c1-9(8-13)6-10-2-4-11(7-12)5-3-10/h2-6,8H,7,12H2,1H3. The molecule has 13 heavy (non-hydrogen) atoms. The van der Waals surface area contributed by atoms with Gasteiger partial charge in [0, 0.05) is 6.54 Å². The summed E-state index contributed by atoms with van der Waals surface area (Å²) in [4.78, 5) is 10.3. The number of aldehydes is 1. The summed E-state index contributed by atoms with van der Waals surface area (Å²) < 4.78 is 0. The highest BCUT2D eigenvalue weighted by molar-refractivity contribution is 5.80. The van der Waals surface area contributed by atoms with Crippen LogP contribution in [-0.2, 0) is 11.3 Å². The van der Waals surface area contributed by atoms with Crippen molar-refractivity contribution in [1.29, 1.82) is 0 Å². The Morgan fingerprint density at radius 1 is 1.38 bits per heavy atom. The average Bonchev–Trinajstić information content (AvgIpc) is 2.19. The molecule has 0 bridgehead atoms. The number of benzene rings is 1. The first-order chi connectivity index (χ1) is 6.26. The highest BCUT2D eigenvalue weighted by Crippen LogP contribution is 2.07. The lowest BCUT2D eigenvalue weighted by atomic mass is 10.1. The molecule has 1 rings (SSSR count). The van der Waals surface area contributed by atoms with Gasteiger partial charge in [0.25, 0.3) is 0 Å². The van der Waals surface area contributed by atoms with Crippen LogP contribution in [0.4, 0.5) is 0 Å². The van der Waals surface area contributed by atoms with Gasteiger partial charge in [0.15, 0.2) is 0 Å².